The monoisotopic (exact) mass is 377 g/mol. The van der Waals surface area contributed by atoms with E-state index in [0.717, 1.165) is 34.5 Å². The van der Waals surface area contributed by atoms with Crippen LogP contribution < -0.4 is 5.32 Å². The summed E-state index contributed by atoms with van der Waals surface area (Å²) in [7, 11) is 0. The van der Waals surface area contributed by atoms with Crippen LogP contribution in [0.4, 0.5) is 0 Å². The molecule has 0 saturated heterocycles. The maximum absolute atomic E-state index is 6.01. The molecule has 0 bridgehead atoms. The van der Waals surface area contributed by atoms with Crippen molar-refractivity contribution in [2.75, 3.05) is 0 Å². The molecule has 1 heterocycles. The number of hydrogen-bond donors (Lipinski definition) is 1. The summed E-state index contributed by atoms with van der Waals surface area (Å²) in [5, 5.41) is 3.62. The van der Waals surface area contributed by atoms with Gasteiger partial charge in [0, 0.05) is 15.6 Å². The van der Waals surface area contributed by atoms with Crippen molar-refractivity contribution in [3.8, 4) is 11.3 Å². The Kier molecular flexibility index (Phi) is 5.42. The third-order valence-corrected chi connectivity index (χ3v) is 4.71. The van der Waals surface area contributed by atoms with Crippen molar-refractivity contribution in [1.82, 2.24) is 5.32 Å². The van der Waals surface area contributed by atoms with Gasteiger partial charge in [0.25, 0.3) is 0 Å². The fraction of sp³-hybridized carbons (Fsp3) is 0.500. The fourth-order valence-electron chi connectivity index (χ4n) is 3.14. The van der Waals surface area contributed by atoms with Crippen LogP contribution in [-0.4, -0.2) is 5.54 Å². The van der Waals surface area contributed by atoms with E-state index in [-0.39, 0.29) is 5.54 Å². The van der Waals surface area contributed by atoms with Crippen LogP contribution in [0.3, 0.4) is 0 Å². The average molecular weight is 378 g/mol. The van der Waals surface area contributed by atoms with E-state index in [1.165, 1.54) is 5.56 Å². The summed E-state index contributed by atoms with van der Waals surface area (Å²) >= 11 is 3.54. The molecule has 2 aromatic rings. The van der Waals surface area contributed by atoms with E-state index in [1.807, 2.05) is 0 Å². The third-order valence-electron chi connectivity index (χ3n) is 3.82. The molecule has 0 aliphatic carbocycles. The minimum absolute atomic E-state index is 0.0827. The smallest absolute Gasteiger partial charge is 0.134 e. The second kappa shape index (κ2) is 6.82. The van der Waals surface area contributed by atoms with Gasteiger partial charge in [0.1, 0.15) is 11.5 Å². The van der Waals surface area contributed by atoms with Gasteiger partial charge < -0.3 is 9.73 Å². The maximum Gasteiger partial charge on any atom is 0.134 e. The van der Waals surface area contributed by atoms with Crippen LogP contribution in [0.25, 0.3) is 11.3 Å². The number of benzene rings is 1. The molecule has 1 N–H and O–H groups in total. The van der Waals surface area contributed by atoms with Crippen LogP contribution in [0.5, 0.6) is 0 Å². The largest absolute Gasteiger partial charge is 0.460 e. The molecule has 0 atom stereocenters. The van der Waals surface area contributed by atoms with Gasteiger partial charge in [0.15, 0.2) is 0 Å². The van der Waals surface area contributed by atoms with Gasteiger partial charge in [-0.15, -0.1) is 0 Å². The van der Waals surface area contributed by atoms with Crippen molar-refractivity contribution in [2.45, 2.75) is 60.0 Å². The first-order chi connectivity index (χ1) is 10.6. The second-order valence-electron chi connectivity index (χ2n) is 8.20. The molecule has 0 amide bonds. The Hall–Kier alpha value is -1.06. The van der Waals surface area contributed by atoms with Gasteiger partial charge in [-0.3, -0.25) is 0 Å². The number of rotatable bonds is 5. The Morgan fingerprint density at radius 2 is 1.74 bits per heavy atom. The third kappa shape index (κ3) is 5.50. The van der Waals surface area contributed by atoms with Gasteiger partial charge >= 0.3 is 0 Å². The summed E-state index contributed by atoms with van der Waals surface area (Å²) in [6.45, 7) is 14.2. The highest BCUT2D eigenvalue weighted by Gasteiger charge is 2.25. The van der Waals surface area contributed by atoms with Crippen molar-refractivity contribution in [2.24, 2.45) is 5.41 Å². The highest BCUT2D eigenvalue weighted by Crippen LogP contribution is 2.29. The molecule has 2 nitrogen and oxygen atoms in total. The van der Waals surface area contributed by atoms with Crippen LogP contribution in [0.1, 0.15) is 52.4 Å². The molecule has 23 heavy (non-hydrogen) atoms. The zero-order chi connectivity index (χ0) is 17.3. The molecule has 0 spiro atoms. The molecule has 0 fully saturated rings. The maximum atomic E-state index is 6.01. The van der Waals surface area contributed by atoms with Crippen LogP contribution in [0.15, 0.2) is 39.2 Å². The standard InChI is InChI=1S/C20H28BrNO/c1-14-11-15(7-9-17(14)21)18-10-8-16(23-18)12-22-20(5,6)13-19(2,3)4/h7-11,22H,12-13H2,1-6H3. The molecular formula is C20H28BrNO. The van der Waals surface area contributed by atoms with E-state index in [9.17, 15) is 0 Å². The fourth-order valence-corrected chi connectivity index (χ4v) is 3.39. The molecule has 1 aromatic carbocycles. The molecule has 0 unspecified atom stereocenters. The molecule has 3 heteroatoms. The van der Waals surface area contributed by atoms with Gasteiger partial charge in [-0.1, -0.05) is 42.8 Å². The van der Waals surface area contributed by atoms with Crippen molar-refractivity contribution in [1.29, 1.82) is 0 Å². The van der Waals surface area contributed by atoms with Gasteiger partial charge in [-0.05, 0) is 62.4 Å². The first-order valence-electron chi connectivity index (χ1n) is 8.16. The van der Waals surface area contributed by atoms with Gasteiger partial charge in [-0.2, -0.15) is 0 Å². The summed E-state index contributed by atoms with van der Waals surface area (Å²) in [6.07, 6.45) is 1.11. The molecule has 126 valence electrons. The SMILES string of the molecule is Cc1cc(-c2ccc(CNC(C)(C)CC(C)(C)C)o2)ccc1Br. The van der Waals surface area contributed by atoms with E-state index in [0.29, 0.717) is 5.41 Å². The lowest BCUT2D eigenvalue weighted by molar-refractivity contribution is 0.236. The Balaban J connectivity index is 2.04. The summed E-state index contributed by atoms with van der Waals surface area (Å²) < 4.78 is 7.14. The average Bonchev–Trinajstić information content (AvgIpc) is 2.86. The number of aryl methyl sites for hydroxylation is 1. The molecule has 0 saturated carbocycles. The predicted octanol–water partition coefficient (Wildman–Crippen LogP) is 6.32. The number of nitrogens with one attached hydrogen (secondary N) is 1. The lowest BCUT2D eigenvalue weighted by Gasteiger charge is -2.33. The van der Waals surface area contributed by atoms with E-state index in [4.69, 9.17) is 4.42 Å². The highest BCUT2D eigenvalue weighted by atomic mass is 79.9. The normalized spacial score (nSPS) is 12.7. The van der Waals surface area contributed by atoms with Crippen LogP contribution in [0, 0.1) is 12.3 Å². The van der Waals surface area contributed by atoms with E-state index >= 15 is 0 Å². The van der Waals surface area contributed by atoms with Crippen LogP contribution in [-0.2, 0) is 6.54 Å². The first-order valence-corrected chi connectivity index (χ1v) is 8.95. The summed E-state index contributed by atoms with van der Waals surface area (Å²) in [6, 6.07) is 10.4. The first kappa shape index (κ1) is 18.3. The predicted molar refractivity (Wildman–Crippen MR) is 102 cm³/mol. The zero-order valence-corrected chi connectivity index (χ0v) is 16.7. The molecule has 0 radical (unpaired) electrons. The molecule has 1 aromatic heterocycles. The van der Waals surface area contributed by atoms with Gasteiger partial charge in [0.2, 0.25) is 0 Å². The van der Waals surface area contributed by atoms with Crippen LogP contribution in [0.2, 0.25) is 0 Å². The summed E-state index contributed by atoms with van der Waals surface area (Å²) in [5.74, 6) is 1.90. The summed E-state index contributed by atoms with van der Waals surface area (Å²) in [5.41, 5.74) is 2.72. The lowest BCUT2D eigenvalue weighted by Crippen LogP contribution is -2.41. The molecular weight excluding hydrogens is 350 g/mol. The van der Waals surface area contributed by atoms with Crippen molar-refractivity contribution >= 4 is 15.9 Å². The molecule has 0 aliphatic rings. The minimum atomic E-state index is 0.0827. The molecule has 2 rings (SSSR count). The lowest BCUT2D eigenvalue weighted by atomic mass is 9.82. The van der Waals surface area contributed by atoms with Crippen LogP contribution >= 0.6 is 15.9 Å². The minimum Gasteiger partial charge on any atom is -0.460 e. The topological polar surface area (TPSA) is 25.2 Å². The number of halogens is 1. The van der Waals surface area contributed by atoms with Crippen molar-refractivity contribution in [3.05, 3.63) is 46.1 Å². The second-order valence-corrected chi connectivity index (χ2v) is 9.06. The van der Waals surface area contributed by atoms with E-state index in [1.54, 1.807) is 0 Å². The highest BCUT2D eigenvalue weighted by molar-refractivity contribution is 9.10. The van der Waals surface area contributed by atoms with E-state index in [2.05, 4.69) is 93.1 Å². The Labute approximate surface area is 148 Å². The van der Waals surface area contributed by atoms with Crippen molar-refractivity contribution in [3.63, 3.8) is 0 Å². The van der Waals surface area contributed by atoms with Gasteiger partial charge in [0.05, 0.1) is 6.54 Å². The van der Waals surface area contributed by atoms with Crippen molar-refractivity contribution < 1.29 is 4.42 Å². The quantitative estimate of drug-likeness (QED) is 0.658. The Morgan fingerprint density at radius 1 is 1.04 bits per heavy atom. The Bertz CT molecular complexity index is 665. The number of furan rings is 1. The summed E-state index contributed by atoms with van der Waals surface area (Å²) in [4.78, 5) is 0. The molecule has 0 aliphatic heterocycles. The van der Waals surface area contributed by atoms with Gasteiger partial charge in [-0.25, -0.2) is 0 Å². The Morgan fingerprint density at radius 3 is 2.35 bits per heavy atom. The van der Waals surface area contributed by atoms with E-state index < -0.39 is 0 Å². The zero-order valence-electron chi connectivity index (χ0n) is 15.1. The number of hydrogen-bond acceptors (Lipinski definition) is 2.